The molecule has 29 heavy (non-hydrogen) atoms. The highest BCUT2D eigenvalue weighted by Gasteiger charge is 2.26. The van der Waals surface area contributed by atoms with E-state index in [1.807, 2.05) is 12.1 Å². The van der Waals surface area contributed by atoms with E-state index in [9.17, 15) is 17.6 Å². The molecule has 0 N–H and O–H groups in total. The third-order valence-electron chi connectivity index (χ3n) is 5.33. The summed E-state index contributed by atoms with van der Waals surface area (Å²) in [6, 6.07) is 13.2. The SMILES string of the molecule is CN(O[SH](=O)=O)c1ccc(C([C]=O)N2CCC(Cc3ccc(F)cc3)CC2)cc1. The molecule has 1 heterocycles. The van der Waals surface area contributed by atoms with Gasteiger partial charge in [-0.05, 0) is 73.7 Å². The number of hydrogen-bond acceptors (Lipinski definition) is 6. The van der Waals surface area contributed by atoms with Gasteiger partial charge in [-0.15, -0.1) is 0 Å². The van der Waals surface area contributed by atoms with E-state index in [1.165, 1.54) is 19.2 Å². The molecule has 0 spiro atoms. The van der Waals surface area contributed by atoms with Gasteiger partial charge >= 0.3 is 0 Å². The summed E-state index contributed by atoms with van der Waals surface area (Å²) in [5, 5.41) is 1.15. The molecule has 1 atom stereocenters. The van der Waals surface area contributed by atoms with Crippen LogP contribution in [0.25, 0.3) is 0 Å². The molecule has 1 aliphatic heterocycles. The normalized spacial score (nSPS) is 16.7. The zero-order chi connectivity index (χ0) is 20.8. The van der Waals surface area contributed by atoms with Crippen LogP contribution in [0.5, 0.6) is 0 Å². The quantitative estimate of drug-likeness (QED) is 0.524. The number of hydrogen-bond donors (Lipinski definition) is 1. The number of nitrogens with zero attached hydrogens (tertiary/aromatic N) is 2. The van der Waals surface area contributed by atoms with Crippen LogP contribution in [0.3, 0.4) is 0 Å². The highest BCUT2D eigenvalue weighted by molar-refractivity contribution is 7.67. The van der Waals surface area contributed by atoms with Crippen molar-refractivity contribution < 1.29 is 21.9 Å². The molecule has 1 aliphatic rings. The van der Waals surface area contributed by atoms with Gasteiger partial charge in [0.05, 0.1) is 5.69 Å². The molecule has 155 valence electrons. The Morgan fingerprint density at radius 1 is 1.14 bits per heavy atom. The number of halogens is 1. The first kappa shape index (κ1) is 21.4. The van der Waals surface area contributed by atoms with Gasteiger partial charge in [0.1, 0.15) is 11.9 Å². The van der Waals surface area contributed by atoms with Crippen molar-refractivity contribution in [3.63, 3.8) is 0 Å². The Morgan fingerprint density at radius 3 is 2.31 bits per heavy atom. The van der Waals surface area contributed by atoms with Gasteiger partial charge in [0.2, 0.25) is 6.29 Å². The van der Waals surface area contributed by atoms with Crippen LogP contribution in [0.15, 0.2) is 48.5 Å². The molecule has 0 bridgehead atoms. The Labute approximate surface area is 172 Å². The maximum absolute atomic E-state index is 13.1. The maximum Gasteiger partial charge on any atom is 0.277 e. The van der Waals surface area contributed by atoms with E-state index in [1.54, 1.807) is 24.3 Å². The first-order valence-corrected chi connectivity index (χ1v) is 10.6. The van der Waals surface area contributed by atoms with Crippen molar-refractivity contribution in [1.29, 1.82) is 0 Å². The van der Waals surface area contributed by atoms with Crippen molar-refractivity contribution >= 4 is 23.0 Å². The fourth-order valence-electron chi connectivity index (χ4n) is 3.74. The van der Waals surface area contributed by atoms with Crippen LogP contribution in [-0.2, 0) is 26.5 Å². The molecule has 0 amide bonds. The Morgan fingerprint density at radius 2 is 1.76 bits per heavy atom. The molecule has 1 saturated heterocycles. The minimum Gasteiger partial charge on any atom is -0.289 e. The summed E-state index contributed by atoms with van der Waals surface area (Å²) in [5.41, 5.74) is 2.50. The molecule has 1 unspecified atom stereocenters. The standard InChI is InChI=1S/C21H24FN2O4S/c1-23(28-29(26)27)20-8-4-18(5-9-20)21(15-25)24-12-10-17(11-13-24)14-16-2-6-19(22)7-3-16/h2-9,17,21,29H,10-14H2,1H3. The number of hydroxylamine groups is 1. The minimum atomic E-state index is -2.98. The fourth-order valence-corrected chi connectivity index (χ4v) is 4.03. The summed E-state index contributed by atoms with van der Waals surface area (Å²) in [6.07, 6.45) is 4.96. The lowest BCUT2D eigenvalue weighted by Gasteiger charge is -2.35. The average Bonchev–Trinajstić information content (AvgIpc) is 2.71. The summed E-state index contributed by atoms with van der Waals surface area (Å²) in [4.78, 5) is 13.8. The molecule has 8 heteroatoms. The Hall–Kier alpha value is -2.29. The van der Waals surface area contributed by atoms with Crippen molar-refractivity contribution in [2.24, 2.45) is 5.92 Å². The second-order valence-corrected chi connectivity index (χ2v) is 7.84. The number of carbonyl (C=O) groups excluding carboxylic acids is 1. The van der Waals surface area contributed by atoms with Gasteiger partial charge in [0.25, 0.3) is 11.0 Å². The van der Waals surface area contributed by atoms with Gasteiger partial charge in [0, 0.05) is 7.05 Å². The third kappa shape index (κ3) is 5.85. The zero-order valence-corrected chi connectivity index (χ0v) is 17.1. The predicted octanol–water partition coefficient (Wildman–Crippen LogP) is 2.83. The van der Waals surface area contributed by atoms with Gasteiger partial charge in [0.15, 0.2) is 0 Å². The van der Waals surface area contributed by atoms with Crippen LogP contribution in [0.2, 0.25) is 0 Å². The minimum absolute atomic E-state index is 0.224. The fraction of sp³-hybridized carbons (Fsp3) is 0.381. The van der Waals surface area contributed by atoms with Crippen LogP contribution >= 0.6 is 0 Å². The molecule has 1 radical (unpaired) electrons. The average molecular weight is 419 g/mol. The van der Waals surface area contributed by atoms with Gasteiger partial charge in [-0.2, -0.15) is 4.28 Å². The monoisotopic (exact) mass is 419 g/mol. The molecule has 2 aromatic rings. The van der Waals surface area contributed by atoms with Crippen molar-refractivity contribution in [2.75, 3.05) is 25.2 Å². The molecule has 2 aromatic carbocycles. The number of anilines is 1. The van der Waals surface area contributed by atoms with E-state index < -0.39 is 17.0 Å². The number of benzene rings is 2. The lowest BCUT2D eigenvalue weighted by molar-refractivity contribution is 0.161. The molecule has 6 nitrogen and oxygen atoms in total. The molecule has 0 aromatic heterocycles. The van der Waals surface area contributed by atoms with Gasteiger partial charge in [-0.25, -0.2) is 17.9 Å². The van der Waals surface area contributed by atoms with E-state index in [0.717, 1.165) is 48.5 Å². The first-order valence-electron chi connectivity index (χ1n) is 9.48. The van der Waals surface area contributed by atoms with E-state index in [-0.39, 0.29) is 5.82 Å². The molecule has 0 saturated carbocycles. The van der Waals surface area contributed by atoms with Crippen molar-refractivity contribution in [3.05, 3.63) is 65.5 Å². The zero-order valence-electron chi connectivity index (χ0n) is 16.2. The van der Waals surface area contributed by atoms with Crippen LogP contribution in [0.1, 0.15) is 30.0 Å². The Kier molecular flexibility index (Phi) is 7.35. The molecule has 3 rings (SSSR count). The number of thiol groups is 1. The molecule has 1 fully saturated rings. The smallest absolute Gasteiger partial charge is 0.277 e. The molecular formula is C21H24FN2O4S. The molecular weight excluding hydrogens is 395 g/mol. The van der Waals surface area contributed by atoms with Crippen molar-refractivity contribution in [2.45, 2.75) is 25.3 Å². The highest BCUT2D eigenvalue weighted by atomic mass is 32.2. The second kappa shape index (κ2) is 9.96. The van der Waals surface area contributed by atoms with E-state index in [2.05, 4.69) is 15.5 Å². The van der Waals surface area contributed by atoms with Crippen molar-refractivity contribution in [1.82, 2.24) is 4.90 Å². The van der Waals surface area contributed by atoms with E-state index >= 15 is 0 Å². The summed E-state index contributed by atoms with van der Waals surface area (Å²) >= 11 is 0. The van der Waals surface area contributed by atoms with E-state index in [4.69, 9.17) is 0 Å². The summed E-state index contributed by atoms with van der Waals surface area (Å²) in [7, 11) is -1.49. The number of rotatable bonds is 8. The summed E-state index contributed by atoms with van der Waals surface area (Å²) in [6.45, 7) is 1.57. The van der Waals surface area contributed by atoms with E-state index in [0.29, 0.717) is 11.6 Å². The number of likely N-dealkylation sites (tertiary alicyclic amines) is 1. The Bertz CT molecular complexity index is 871. The van der Waals surface area contributed by atoms with Crippen molar-refractivity contribution in [3.8, 4) is 0 Å². The van der Waals surface area contributed by atoms with Crippen LogP contribution in [-0.4, -0.2) is 39.7 Å². The number of piperidine rings is 1. The molecule has 0 aliphatic carbocycles. The second-order valence-electron chi connectivity index (χ2n) is 7.22. The van der Waals surface area contributed by atoms with Gasteiger partial charge in [-0.1, -0.05) is 24.3 Å². The summed E-state index contributed by atoms with van der Waals surface area (Å²) < 4.78 is 39.0. The maximum atomic E-state index is 13.1. The lowest BCUT2D eigenvalue weighted by atomic mass is 9.89. The highest BCUT2D eigenvalue weighted by Crippen LogP contribution is 2.28. The van der Waals surface area contributed by atoms with Crippen LogP contribution < -0.4 is 5.06 Å². The van der Waals surface area contributed by atoms with Crippen LogP contribution in [0, 0.1) is 11.7 Å². The topological polar surface area (TPSA) is 66.9 Å². The van der Waals surface area contributed by atoms with Gasteiger partial charge < -0.3 is 0 Å². The van der Waals surface area contributed by atoms with Crippen LogP contribution in [0.4, 0.5) is 10.1 Å². The third-order valence-corrected chi connectivity index (χ3v) is 5.70. The van der Waals surface area contributed by atoms with Gasteiger partial charge in [-0.3, -0.25) is 9.69 Å². The first-order chi connectivity index (χ1) is 14.0. The summed E-state index contributed by atoms with van der Waals surface area (Å²) in [5.74, 6) is 0.282. The predicted molar refractivity (Wildman–Crippen MR) is 109 cm³/mol. The Balaban J connectivity index is 1.58. The lowest BCUT2D eigenvalue weighted by Crippen LogP contribution is -2.38. The largest absolute Gasteiger partial charge is 0.289 e.